The van der Waals surface area contributed by atoms with Crippen LogP contribution in [0.2, 0.25) is 0 Å². The lowest BCUT2D eigenvalue weighted by atomic mass is 10.1. The van der Waals surface area contributed by atoms with Crippen LogP contribution >= 0.6 is 12.2 Å². The SMILES string of the molecule is COc1ccc(NC(=S)NC2CCN(C)CC2)cc1OC. The minimum Gasteiger partial charge on any atom is -0.493 e. The average Bonchev–Trinajstić information content (AvgIpc) is 2.49. The zero-order chi connectivity index (χ0) is 15.2. The molecule has 0 aromatic heterocycles. The van der Waals surface area contributed by atoms with Crippen molar-refractivity contribution in [2.75, 3.05) is 39.7 Å². The second-order valence-electron chi connectivity index (χ2n) is 5.25. The fraction of sp³-hybridized carbons (Fsp3) is 0.533. The van der Waals surface area contributed by atoms with Crippen LogP contribution in [-0.4, -0.2) is 50.4 Å². The summed E-state index contributed by atoms with van der Waals surface area (Å²) < 4.78 is 10.5. The van der Waals surface area contributed by atoms with E-state index in [9.17, 15) is 0 Å². The first-order valence-corrected chi connectivity index (χ1v) is 7.51. The number of hydrogen-bond acceptors (Lipinski definition) is 4. The number of benzene rings is 1. The molecule has 1 heterocycles. The van der Waals surface area contributed by atoms with Crippen LogP contribution in [0.15, 0.2) is 18.2 Å². The first-order valence-electron chi connectivity index (χ1n) is 7.10. The molecule has 0 unspecified atom stereocenters. The summed E-state index contributed by atoms with van der Waals surface area (Å²) in [7, 11) is 5.39. The van der Waals surface area contributed by atoms with E-state index in [1.807, 2.05) is 18.2 Å². The Morgan fingerprint density at radius 2 is 1.86 bits per heavy atom. The van der Waals surface area contributed by atoms with Gasteiger partial charge in [-0.3, -0.25) is 0 Å². The largest absolute Gasteiger partial charge is 0.493 e. The van der Waals surface area contributed by atoms with Gasteiger partial charge in [-0.1, -0.05) is 0 Å². The molecule has 116 valence electrons. The van der Waals surface area contributed by atoms with Crippen molar-refractivity contribution in [2.45, 2.75) is 18.9 Å². The molecule has 21 heavy (non-hydrogen) atoms. The Kier molecular flexibility index (Phi) is 5.64. The van der Waals surface area contributed by atoms with Crippen molar-refractivity contribution in [3.8, 4) is 11.5 Å². The van der Waals surface area contributed by atoms with Gasteiger partial charge in [-0.25, -0.2) is 0 Å². The van der Waals surface area contributed by atoms with Gasteiger partial charge in [-0.2, -0.15) is 0 Å². The van der Waals surface area contributed by atoms with Crippen LogP contribution < -0.4 is 20.1 Å². The van der Waals surface area contributed by atoms with Crippen LogP contribution in [0.25, 0.3) is 0 Å². The Balaban J connectivity index is 1.90. The quantitative estimate of drug-likeness (QED) is 0.831. The number of rotatable bonds is 4. The van der Waals surface area contributed by atoms with Gasteiger partial charge in [-0.05, 0) is 57.3 Å². The normalized spacial score (nSPS) is 16.3. The highest BCUT2D eigenvalue weighted by atomic mass is 32.1. The molecule has 1 aromatic rings. The minimum atomic E-state index is 0.446. The number of anilines is 1. The maximum Gasteiger partial charge on any atom is 0.170 e. The summed E-state index contributed by atoms with van der Waals surface area (Å²) in [6, 6.07) is 6.10. The van der Waals surface area contributed by atoms with Gasteiger partial charge in [0.25, 0.3) is 0 Å². The Hall–Kier alpha value is -1.53. The van der Waals surface area contributed by atoms with Crippen LogP contribution in [0.1, 0.15) is 12.8 Å². The van der Waals surface area contributed by atoms with E-state index >= 15 is 0 Å². The fourth-order valence-corrected chi connectivity index (χ4v) is 2.70. The summed E-state index contributed by atoms with van der Waals surface area (Å²) in [5.41, 5.74) is 0.887. The van der Waals surface area contributed by atoms with E-state index < -0.39 is 0 Å². The smallest absolute Gasteiger partial charge is 0.170 e. The second kappa shape index (κ2) is 7.47. The highest BCUT2D eigenvalue weighted by molar-refractivity contribution is 7.80. The van der Waals surface area contributed by atoms with Crippen LogP contribution in [0, 0.1) is 0 Å². The Labute approximate surface area is 131 Å². The lowest BCUT2D eigenvalue weighted by Crippen LogP contribution is -2.44. The zero-order valence-corrected chi connectivity index (χ0v) is 13.6. The van der Waals surface area contributed by atoms with Gasteiger partial charge >= 0.3 is 0 Å². The first-order chi connectivity index (χ1) is 10.1. The summed E-state index contributed by atoms with van der Waals surface area (Å²) in [4.78, 5) is 2.34. The fourth-order valence-electron chi connectivity index (χ4n) is 2.42. The molecule has 6 heteroatoms. The molecule has 0 spiro atoms. The number of nitrogens with zero attached hydrogens (tertiary/aromatic N) is 1. The third kappa shape index (κ3) is 4.47. The standard InChI is InChI=1S/C15H23N3O2S/c1-18-8-6-11(7-9-18)16-15(21)17-12-4-5-13(19-2)14(10-12)20-3/h4-5,10-11H,6-9H2,1-3H3,(H2,16,17,21). The van der Waals surface area contributed by atoms with Crippen molar-refractivity contribution in [1.82, 2.24) is 10.2 Å². The highest BCUT2D eigenvalue weighted by Crippen LogP contribution is 2.29. The van der Waals surface area contributed by atoms with Crippen molar-refractivity contribution in [1.29, 1.82) is 0 Å². The zero-order valence-electron chi connectivity index (χ0n) is 12.8. The van der Waals surface area contributed by atoms with Gasteiger partial charge in [0.15, 0.2) is 16.6 Å². The molecule has 0 amide bonds. The third-order valence-electron chi connectivity index (χ3n) is 3.70. The van der Waals surface area contributed by atoms with Crippen LogP contribution in [0.5, 0.6) is 11.5 Å². The van der Waals surface area contributed by atoms with E-state index in [0.29, 0.717) is 22.7 Å². The summed E-state index contributed by atoms with van der Waals surface area (Å²) >= 11 is 5.38. The van der Waals surface area contributed by atoms with Gasteiger partial charge < -0.3 is 25.0 Å². The van der Waals surface area contributed by atoms with Crippen molar-refractivity contribution in [2.24, 2.45) is 0 Å². The molecule has 0 bridgehead atoms. The number of ether oxygens (including phenoxy) is 2. The van der Waals surface area contributed by atoms with Crippen molar-refractivity contribution < 1.29 is 9.47 Å². The topological polar surface area (TPSA) is 45.8 Å². The molecule has 0 saturated carbocycles. The molecule has 2 rings (SSSR count). The Morgan fingerprint density at radius 3 is 2.48 bits per heavy atom. The molecule has 1 fully saturated rings. The monoisotopic (exact) mass is 309 g/mol. The predicted octanol–water partition coefficient (Wildman–Crippen LogP) is 2.08. The number of methoxy groups -OCH3 is 2. The summed E-state index contributed by atoms with van der Waals surface area (Å²) in [5, 5.41) is 7.22. The van der Waals surface area contributed by atoms with Gasteiger partial charge in [0, 0.05) is 17.8 Å². The van der Waals surface area contributed by atoms with Gasteiger partial charge in [-0.15, -0.1) is 0 Å². The highest BCUT2D eigenvalue weighted by Gasteiger charge is 2.17. The maximum atomic E-state index is 5.38. The molecule has 5 nitrogen and oxygen atoms in total. The molecule has 0 radical (unpaired) electrons. The van der Waals surface area contributed by atoms with Gasteiger partial charge in [0.1, 0.15) is 0 Å². The molecule has 0 aliphatic carbocycles. The molecule has 1 saturated heterocycles. The lowest BCUT2D eigenvalue weighted by molar-refractivity contribution is 0.247. The van der Waals surface area contributed by atoms with E-state index in [1.54, 1.807) is 14.2 Å². The van der Waals surface area contributed by atoms with E-state index in [1.165, 1.54) is 0 Å². The van der Waals surface area contributed by atoms with E-state index in [0.717, 1.165) is 31.6 Å². The van der Waals surface area contributed by atoms with Crippen LogP contribution in [0.3, 0.4) is 0 Å². The van der Waals surface area contributed by atoms with Gasteiger partial charge in [0.2, 0.25) is 0 Å². The van der Waals surface area contributed by atoms with E-state index in [2.05, 4.69) is 22.6 Å². The van der Waals surface area contributed by atoms with E-state index in [-0.39, 0.29) is 0 Å². The first kappa shape index (κ1) is 15.9. The molecule has 1 aromatic carbocycles. The molecule has 2 N–H and O–H groups in total. The summed E-state index contributed by atoms with van der Waals surface area (Å²) in [6.45, 7) is 2.22. The number of piperidine rings is 1. The Bertz CT molecular complexity index is 488. The molecule has 1 aliphatic rings. The molecular formula is C15H23N3O2S. The average molecular weight is 309 g/mol. The van der Waals surface area contributed by atoms with Crippen LogP contribution in [0.4, 0.5) is 5.69 Å². The van der Waals surface area contributed by atoms with Crippen molar-refractivity contribution in [3.05, 3.63) is 18.2 Å². The second-order valence-corrected chi connectivity index (χ2v) is 5.65. The maximum absolute atomic E-state index is 5.38. The van der Waals surface area contributed by atoms with Crippen LogP contribution in [-0.2, 0) is 0 Å². The summed E-state index contributed by atoms with van der Waals surface area (Å²) in [5.74, 6) is 1.39. The Morgan fingerprint density at radius 1 is 1.19 bits per heavy atom. The predicted molar refractivity (Wildman–Crippen MR) is 89.4 cm³/mol. The molecular weight excluding hydrogens is 286 g/mol. The number of likely N-dealkylation sites (tertiary alicyclic amines) is 1. The molecule has 1 aliphatic heterocycles. The number of hydrogen-bond donors (Lipinski definition) is 2. The molecule has 0 atom stereocenters. The number of thiocarbonyl (C=S) groups is 1. The minimum absolute atomic E-state index is 0.446. The summed E-state index contributed by atoms with van der Waals surface area (Å²) in [6.07, 6.45) is 2.23. The van der Waals surface area contributed by atoms with Crippen molar-refractivity contribution >= 4 is 23.0 Å². The third-order valence-corrected chi connectivity index (χ3v) is 3.92. The van der Waals surface area contributed by atoms with E-state index in [4.69, 9.17) is 21.7 Å². The lowest BCUT2D eigenvalue weighted by Gasteiger charge is -2.30. The van der Waals surface area contributed by atoms with Gasteiger partial charge in [0.05, 0.1) is 14.2 Å². The number of nitrogens with one attached hydrogen (secondary N) is 2. The van der Waals surface area contributed by atoms with Crippen molar-refractivity contribution in [3.63, 3.8) is 0 Å².